The summed E-state index contributed by atoms with van der Waals surface area (Å²) in [6.07, 6.45) is 0. The summed E-state index contributed by atoms with van der Waals surface area (Å²) < 4.78 is 21.5. The molecular formula is C19H23NO5. The van der Waals surface area contributed by atoms with E-state index in [1.165, 1.54) is 7.11 Å². The highest BCUT2D eigenvalue weighted by molar-refractivity contribution is 6.07. The van der Waals surface area contributed by atoms with Crippen LogP contribution >= 0.6 is 0 Å². The lowest BCUT2D eigenvalue weighted by atomic mass is 10.1. The summed E-state index contributed by atoms with van der Waals surface area (Å²) >= 11 is 0. The van der Waals surface area contributed by atoms with Crippen LogP contribution in [0.25, 0.3) is 0 Å². The van der Waals surface area contributed by atoms with Gasteiger partial charge in [-0.05, 0) is 44.2 Å². The summed E-state index contributed by atoms with van der Waals surface area (Å²) in [6.45, 7) is 4.73. The molecule has 0 aliphatic heterocycles. The fourth-order valence-electron chi connectivity index (χ4n) is 2.32. The lowest BCUT2D eigenvalue weighted by molar-refractivity contribution is 0.102. The van der Waals surface area contributed by atoms with Crippen LogP contribution in [0.5, 0.6) is 23.0 Å². The minimum Gasteiger partial charge on any atom is -0.497 e. The molecule has 0 spiro atoms. The smallest absolute Gasteiger partial charge is 0.259 e. The van der Waals surface area contributed by atoms with Crippen LogP contribution in [0, 0.1) is 0 Å². The van der Waals surface area contributed by atoms with Crippen LogP contribution in [0.1, 0.15) is 24.2 Å². The molecule has 25 heavy (non-hydrogen) atoms. The van der Waals surface area contributed by atoms with E-state index in [1.807, 2.05) is 13.8 Å². The second-order valence-electron chi connectivity index (χ2n) is 5.04. The van der Waals surface area contributed by atoms with Crippen LogP contribution in [-0.4, -0.2) is 33.3 Å². The zero-order valence-electron chi connectivity index (χ0n) is 14.9. The largest absolute Gasteiger partial charge is 0.497 e. The van der Waals surface area contributed by atoms with Gasteiger partial charge in [0.2, 0.25) is 0 Å². The van der Waals surface area contributed by atoms with E-state index >= 15 is 0 Å². The molecule has 0 aromatic heterocycles. The maximum Gasteiger partial charge on any atom is 0.259 e. The molecule has 0 bridgehead atoms. The van der Waals surface area contributed by atoms with E-state index in [0.29, 0.717) is 47.5 Å². The molecule has 2 aromatic carbocycles. The maximum absolute atomic E-state index is 12.8. The van der Waals surface area contributed by atoms with Gasteiger partial charge in [-0.1, -0.05) is 0 Å². The third kappa shape index (κ3) is 4.56. The Labute approximate surface area is 147 Å². The van der Waals surface area contributed by atoms with Gasteiger partial charge in [0.05, 0.1) is 38.7 Å². The second-order valence-corrected chi connectivity index (χ2v) is 5.04. The van der Waals surface area contributed by atoms with Gasteiger partial charge in [-0.25, -0.2) is 0 Å². The summed E-state index contributed by atoms with van der Waals surface area (Å²) in [5.74, 6) is 1.94. The van der Waals surface area contributed by atoms with Crippen LogP contribution < -0.4 is 24.3 Å². The molecule has 6 heteroatoms. The van der Waals surface area contributed by atoms with Gasteiger partial charge in [0, 0.05) is 6.07 Å². The van der Waals surface area contributed by atoms with Crippen LogP contribution in [0.2, 0.25) is 0 Å². The average molecular weight is 345 g/mol. The molecule has 0 saturated carbocycles. The minimum atomic E-state index is -0.312. The number of ether oxygens (including phenoxy) is 4. The van der Waals surface area contributed by atoms with Crippen molar-refractivity contribution in [2.24, 2.45) is 0 Å². The number of rotatable bonds is 8. The Kier molecular flexibility index (Phi) is 6.51. The predicted octanol–water partition coefficient (Wildman–Crippen LogP) is 3.75. The van der Waals surface area contributed by atoms with Crippen molar-refractivity contribution in [3.05, 3.63) is 42.0 Å². The number of amides is 1. The standard InChI is InChI=1S/C19H23NO5/c1-5-24-14-8-10-17(25-6-2)15(11-14)19(21)20-16-9-7-13(22-3)12-18(16)23-4/h7-12H,5-6H2,1-4H3,(H,20,21). The number of hydrogen-bond donors (Lipinski definition) is 1. The third-order valence-electron chi connectivity index (χ3n) is 3.46. The number of methoxy groups -OCH3 is 2. The third-order valence-corrected chi connectivity index (χ3v) is 3.46. The van der Waals surface area contributed by atoms with E-state index in [2.05, 4.69) is 5.32 Å². The molecule has 0 aliphatic carbocycles. The van der Waals surface area contributed by atoms with E-state index in [0.717, 1.165) is 0 Å². The Morgan fingerprint density at radius 2 is 1.60 bits per heavy atom. The second kappa shape index (κ2) is 8.82. The quantitative estimate of drug-likeness (QED) is 0.789. The van der Waals surface area contributed by atoms with Crippen molar-refractivity contribution >= 4 is 11.6 Å². The summed E-state index contributed by atoms with van der Waals surface area (Å²) in [4.78, 5) is 12.8. The molecule has 1 N–H and O–H groups in total. The molecule has 134 valence electrons. The van der Waals surface area contributed by atoms with E-state index in [-0.39, 0.29) is 5.91 Å². The van der Waals surface area contributed by atoms with Gasteiger partial charge in [0.25, 0.3) is 5.91 Å². The normalized spacial score (nSPS) is 10.1. The molecule has 2 aromatic rings. The van der Waals surface area contributed by atoms with Crippen molar-refractivity contribution in [2.45, 2.75) is 13.8 Å². The Balaban J connectivity index is 2.32. The first-order valence-corrected chi connectivity index (χ1v) is 8.05. The fourth-order valence-corrected chi connectivity index (χ4v) is 2.32. The molecule has 1 amide bonds. The first-order chi connectivity index (χ1) is 12.1. The van der Waals surface area contributed by atoms with Crippen LogP contribution in [0.4, 0.5) is 5.69 Å². The molecule has 0 heterocycles. The zero-order valence-corrected chi connectivity index (χ0v) is 14.9. The van der Waals surface area contributed by atoms with Crippen molar-refractivity contribution in [2.75, 3.05) is 32.8 Å². The molecule has 0 fully saturated rings. The molecular weight excluding hydrogens is 322 g/mol. The van der Waals surface area contributed by atoms with Crippen LogP contribution in [0.15, 0.2) is 36.4 Å². The molecule has 0 aliphatic rings. The van der Waals surface area contributed by atoms with Crippen molar-refractivity contribution in [1.82, 2.24) is 0 Å². The molecule has 0 atom stereocenters. The van der Waals surface area contributed by atoms with E-state index in [1.54, 1.807) is 43.5 Å². The van der Waals surface area contributed by atoms with Crippen molar-refractivity contribution in [3.8, 4) is 23.0 Å². The lowest BCUT2D eigenvalue weighted by Gasteiger charge is -2.14. The highest BCUT2D eigenvalue weighted by Crippen LogP contribution is 2.31. The van der Waals surface area contributed by atoms with Crippen molar-refractivity contribution in [3.63, 3.8) is 0 Å². The van der Waals surface area contributed by atoms with E-state index in [4.69, 9.17) is 18.9 Å². The first kappa shape index (κ1) is 18.4. The lowest BCUT2D eigenvalue weighted by Crippen LogP contribution is -2.14. The number of hydrogen-bond acceptors (Lipinski definition) is 5. The fraction of sp³-hybridized carbons (Fsp3) is 0.316. The average Bonchev–Trinajstić information content (AvgIpc) is 2.63. The topological polar surface area (TPSA) is 66.0 Å². The van der Waals surface area contributed by atoms with Crippen LogP contribution in [-0.2, 0) is 0 Å². The summed E-state index contributed by atoms with van der Waals surface area (Å²) in [5, 5.41) is 2.84. The highest BCUT2D eigenvalue weighted by Gasteiger charge is 2.16. The maximum atomic E-state index is 12.8. The highest BCUT2D eigenvalue weighted by atomic mass is 16.5. The summed E-state index contributed by atoms with van der Waals surface area (Å²) in [6, 6.07) is 10.4. The van der Waals surface area contributed by atoms with Gasteiger partial charge in [-0.2, -0.15) is 0 Å². The number of nitrogens with one attached hydrogen (secondary N) is 1. The molecule has 2 rings (SSSR count). The Morgan fingerprint density at radius 3 is 2.24 bits per heavy atom. The summed E-state index contributed by atoms with van der Waals surface area (Å²) in [7, 11) is 3.10. The van der Waals surface area contributed by atoms with Gasteiger partial charge < -0.3 is 24.3 Å². The van der Waals surface area contributed by atoms with Crippen molar-refractivity contribution < 1.29 is 23.7 Å². The van der Waals surface area contributed by atoms with Crippen LogP contribution in [0.3, 0.4) is 0 Å². The molecule has 0 radical (unpaired) electrons. The van der Waals surface area contributed by atoms with E-state index < -0.39 is 0 Å². The number of anilines is 1. The SMILES string of the molecule is CCOc1ccc(OCC)c(C(=O)Nc2ccc(OC)cc2OC)c1. The predicted molar refractivity (Wildman–Crippen MR) is 96.3 cm³/mol. The van der Waals surface area contributed by atoms with Gasteiger partial charge in [0.1, 0.15) is 23.0 Å². The van der Waals surface area contributed by atoms with Gasteiger partial charge in [-0.15, -0.1) is 0 Å². The minimum absolute atomic E-state index is 0.312. The summed E-state index contributed by atoms with van der Waals surface area (Å²) in [5.41, 5.74) is 0.934. The Hall–Kier alpha value is -2.89. The monoisotopic (exact) mass is 345 g/mol. The Morgan fingerprint density at radius 1 is 0.880 bits per heavy atom. The number of benzene rings is 2. The van der Waals surface area contributed by atoms with Gasteiger partial charge >= 0.3 is 0 Å². The van der Waals surface area contributed by atoms with Crippen molar-refractivity contribution in [1.29, 1.82) is 0 Å². The first-order valence-electron chi connectivity index (χ1n) is 8.05. The molecule has 6 nitrogen and oxygen atoms in total. The zero-order chi connectivity index (χ0) is 18.2. The van der Waals surface area contributed by atoms with Gasteiger partial charge in [-0.3, -0.25) is 4.79 Å². The van der Waals surface area contributed by atoms with Gasteiger partial charge in [0.15, 0.2) is 0 Å². The molecule has 0 saturated heterocycles. The Bertz CT molecular complexity index is 730. The molecule has 0 unspecified atom stereocenters. The number of carbonyl (C=O) groups is 1. The van der Waals surface area contributed by atoms with E-state index in [9.17, 15) is 4.79 Å². The number of carbonyl (C=O) groups excluding carboxylic acids is 1.